The van der Waals surface area contributed by atoms with Crippen molar-refractivity contribution in [3.8, 4) is 16.9 Å². The van der Waals surface area contributed by atoms with Crippen LogP contribution in [0.1, 0.15) is 64.7 Å². The Bertz CT molecular complexity index is 722. The molecule has 2 aromatic carbocycles. The molecule has 2 aromatic rings. The number of carbonyl (C=O) groups is 2. The van der Waals surface area contributed by atoms with Gasteiger partial charge in [-0.1, -0.05) is 75.1 Å². The fourth-order valence-corrected chi connectivity index (χ4v) is 3.03. The standard InChI is InChI=1S/C25H32O4/c1-2-3-4-5-11-20-28-24(26)14-9-10-15-25(27)29-23-18-16-22(17-19-23)21-12-7-6-8-13-21/h6-8,12-13,16-19H,2-5,9-11,14-15,20H2,1H3. The molecule has 0 N–H and O–H groups in total. The SMILES string of the molecule is CCCCCCCOC(=O)CCCCC(=O)Oc1ccc(-c2ccccc2)cc1. The predicted octanol–water partition coefficient (Wildman–Crippen LogP) is 6.33. The van der Waals surface area contributed by atoms with Gasteiger partial charge in [0.15, 0.2) is 0 Å². The molecule has 2 rings (SSSR count). The maximum absolute atomic E-state index is 12.0. The molecule has 0 saturated carbocycles. The second-order valence-electron chi connectivity index (χ2n) is 7.21. The van der Waals surface area contributed by atoms with Crippen molar-refractivity contribution in [1.82, 2.24) is 0 Å². The van der Waals surface area contributed by atoms with E-state index in [0.717, 1.165) is 24.0 Å². The average molecular weight is 397 g/mol. The molecule has 0 heterocycles. The number of carbonyl (C=O) groups excluding carboxylic acids is 2. The van der Waals surface area contributed by atoms with Crippen LogP contribution >= 0.6 is 0 Å². The summed E-state index contributed by atoms with van der Waals surface area (Å²) >= 11 is 0. The monoisotopic (exact) mass is 396 g/mol. The second kappa shape index (κ2) is 13.5. The molecule has 0 spiro atoms. The van der Waals surface area contributed by atoms with Crippen molar-refractivity contribution in [2.45, 2.75) is 64.7 Å². The van der Waals surface area contributed by atoms with Gasteiger partial charge in [-0.15, -0.1) is 0 Å². The van der Waals surface area contributed by atoms with Gasteiger partial charge in [-0.05, 0) is 42.5 Å². The zero-order valence-corrected chi connectivity index (χ0v) is 17.4. The van der Waals surface area contributed by atoms with Crippen LogP contribution in [0.3, 0.4) is 0 Å². The van der Waals surface area contributed by atoms with Gasteiger partial charge in [0.2, 0.25) is 0 Å². The average Bonchev–Trinajstić information content (AvgIpc) is 2.75. The lowest BCUT2D eigenvalue weighted by Gasteiger charge is -2.07. The minimum absolute atomic E-state index is 0.176. The summed E-state index contributed by atoms with van der Waals surface area (Å²) in [5, 5.41) is 0. The summed E-state index contributed by atoms with van der Waals surface area (Å²) in [7, 11) is 0. The van der Waals surface area contributed by atoms with Crippen molar-refractivity contribution in [1.29, 1.82) is 0 Å². The highest BCUT2D eigenvalue weighted by Crippen LogP contribution is 2.22. The van der Waals surface area contributed by atoms with Crippen molar-refractivity contribution < 1.29 is 19.1 Å². The van der Waals surface area contributed by atoms with E-state index in [9.17, 15) is 9.59 Å². The van der Waals surface area contributed by atoms with E-state index in [4.69, 9.17) is 9.47 Å². The molecule has 0 aromatic heterocycles. The number of benzene rings is 2. The molecule has 0 amide bonds. The van der Waals surface area contributed by atoms with E-state index in [1.54, 1.807) is 12.1 Å². The fraction of sp³-hybridized carbons (Fsp3) is 0.440. The molecule has 0 radical (unpaired) electrons. The molecule has 4 nitrogen and oxygen atoms in total. The number of hydrogen-bond acceptors (Lipinski definition) is 4. The van der Waals surface area contributed by atoms with Crippen LogP contribution in [0.2, 0.25) is 0 Å². The Hall–Kier alpha value is -2.62. The fourth-order valence-electron chi connectivity index (χ4n) is 3.03. The smallest absolute Gasteiger partial charge is 0.311 e. The van der Waals surface area contributed by atoms with Crippen molar-refractivity contribution in [3.05, 3.63) is 54.6 Å². The molecule has 0 fully saturated rings. The highest BCUT2D eigenvalue weighted by atomic mass is 16.5. The Kier molecular flexibility index (Phi) is 10.6. The van der Waals surface area contributed by atoms with E-state index >= 15 is 0 Å². The second-order valence-corrected chi connectivity index (χ2v) is 7.21. The summed E-state index contributed by atoms with van der Waals surface area (Å²) in [4.78, 5) is 23.6. The van der Waals surface area contributed by atoms with Gasteiger partial charge < -0.3 is 9.47 Å². The van der Waals surface area contributed by atoms with E-state index in [1.165, 1.54) is 19.3 Å². The highest BCUT2D eigenvalue weighted by molar-refractivity contribution is 5.73. The van der Waals surface area contributed by atoms with E-state index < -0.39 is 0 Å². The summed E-state index contributed by atoms with van der Waals surface area (Å²) in [5.74, 6) is 0.0873. The topological polar surface area (TPSA) is 52.6 Å². The minimum atomic E-state index is -0.276. The molecule has 0 aliphatic heterocycles. The molecular weight excluding hydrogens is 364 g/mol. The van der Waals surface area contributed by atoms with Gasteiger partial charge in [0, 0.05) is 12.8 Å². The zero-order chi connectivity index (χ0) is 20.7. The van der Waals surface area contributed by atoms with Crippen LogP contribution in [0.4, 0.5) is 0 Å². The normalized spacial score (nSPS) is 10.5. The van der Waals surface area contributed by atoms with Crippen molar-refractivity contribution in [3.63, 3.8) is 0 Å². The van der Waals surface area contributed by atoms with E-state index in [1.807, 2.05) is 42.5 Å². The van der Waals surface area contributed by atoms with E-state index in [2.05, 4.69) is 6.92 Å². The van der Waals surface area contributed by atoms with Gasteiger partial charge in [-0.25, -0.2) is 0 Å². The summed E-state index contributed by atoms with van der Waals surface area (Å²) in [5.41, 5.74) is 2.20. The molecule has 29 heavy (non-hydrogen) atoms. The Balaban J connectivity index is 1.57. The molecule has 0 saturated heterocycles. The maximum Gasteiger partial charge on any atom is 0.311 e. The van der Waals surface area contributed by atoms with Crippen LogP contribution < -0.4 is 4.74 Å². The van der Waals surface area contributed by atoms with Gasteiger partial charge in [0.05, 0.1) is 6.61 Å². The molecular formula is C25H32O4. The first-order valence-electron chi connectivity index (χ1n) is 10.7. The third-order valence-electron chi connectivity index (χ3n) is 4.72. The number of rotatable bonds is 13. The van der Waals surface area contributed by atoms with Crippen molar-refractivity contribution in [2.24, 2.45) is 0 Å². The third kappa shape index (κ3) is 9.42. The summed E-state index contributed by atoms with van der Waals surface area (Å²) in [6.45, 7) is 2.68. The first-order chi connectivity index (χ1) is 14.2. The Morgan fingerprint density at radius 3 is 2.00 bits per heavy atom. The summed E-state index contributed by atoms with van der Waals surface area (Å²) in [6, 6.07) is 17.5. The number of esters is 2. The number of ether oxygens (including phenoxy) is 2. The largest absolute Gasteiger partial charge is 0.466 e. The predicted molar refractivity (Wildman–Crippen MR) is 116 cm³/mol. The Labute approximate surface area is 174 Å². The lowest BCUT2D eigenvalue weighted by molar-refractivity contribution is -0.144. The quantitative estimate of drug-likeness (QED) is 0.225. The first-order valence-corrected chi connectivity index (χ1v) is 10.7. The van der Waals surface area contributed by atoms with Crippen LogP contribution in [0.25, 0.3) is 11.1 Å². The lowest BCUT2D eigenvalue weighted by atomic mass is 10.1. The molecule has 4 heteroatoms. The molecule has 156 valence electrons. The molecule has 0 unspecified atom stereocenters. The molecule has 0 aliphatic rings. The van der Waals surface area contributed by atoms with Crippen LogP contribution in [-0.4, -0.2) is 18.5 Å². The van der Waals surface area contributed by atoms with Crippen LogP contribution in [0.15, 0.2) is 54.6 Å². The van der Waals surface area contributed by atoms with Crippen LogP contribution in [-0.2, 0) is 14.3 Å². The van der Waals surface area contributed by atoms with Gasteiger partial charge in [0.1, 0.15) is 5.75 Å². The summed E-state index contributed by atoms with van der Waals surface area (Å²) < 4.78 is 10.6. The first kappa shape index (κ1) is 22.7. The maximum atomic E-state index is 12.0. The van der Waals surface area contributed by atoms with Crippen LogP contribution in [0.5, 0.6) is 5.75 Å². The lowest BCUT2D eigenvalue weighted by Crippen LogP contribution is -2.09. The highest BCUT2D eigenvalue weighted by Gasteiger charge is 2.08. The molecule has 0 bridgehead atoms. The number of unbranched alkanes of at least 4 members (excludes halogenated alkanes) is 5. The number of hydrogen-bond donors (Lipinski definition) is 0. The van der Waals surface area contributed by atoms with Gasteiger partial charge >= 0.3 is 11.9 Å². The summed E-state index contributed by atoms with van der Waals surface area (Å²) in [6.07, 6.45) is 7.59. The minimum Gasteiger partial charge on any atom is -0.466 e. The van der Waals surface area contributed by atoms with E-state index in [0.29, 0.717) is 38.0 Å². The van der Waals surface area contributed by atoms with Gasteiger partial charge in [0.25, 0.3) is 0 Å². The Morgan fingerprint density at radius 1 is 0.690 bits per heavy atom. The van der Waals surface area contributed by atoms with Crippen LogP contribution in [0, 0.1) is 0 Å². The molecule has 0 aliphatic carbocycles. The van der Waals surface area contributed by atoms with Gasteiger partial charge in [-0.3, -0.25) is 9.59 Å². The van der Waals surface area contributed by atoms with Crippen molar-refractivity contribution in [2.75, 3.05) is 6.61 Å². The van der Waals surface area contributed by atoms with E-state index in [-0.39, 0.29) is 11.9 Å². The van der Waals surface area contributed by atoms with Gasteiger partial charge in [-0.2, -0.15) is 0 Å². The third-order valence-corrected chi connectivity index (χ3v) is 4.72. The van der Waals surface area contributed by atoms with Crippen molar-refractivity contribution >= 4 is 11.9 Å². The zero-order valence-electron chi connectivity index (χ0n) is 17.4. The molecule has 0 atom stereocenters. The Morgan fingerprint density at radius 2 is 1.31 bits per heavy atom.